The molecule has 13 rings (SSSR count). The summed E-state index contributed by atoms with van der Waals surface area (Å²) in [6, 6.07) is 69.7. The van der Waals surface area contributed by atoms with Gasteiger partial charge in [-0.25, -0.2) is 15.0 Å². The van der Waals surface area contributed by atoms with Crippen molar-refractivity contribution in [3.05, 3.63) is 200 Å². The van der Waals surface area contributed by atoms with E-state index in [-0.39, 0.29) is 0 Å². The quantitative estimate of drug-likeness (QED) is 0.167. The summed E-state index contributed by atoms with van der Waals surface area (Å²) in [5.74, 6) is 1.76. The molecule has 0 saturated carbocycles. The summed E-state index contributed by atoms with van der Waals surface area (Å²) < 4.78 is 15.5. The fourth-order valence-corrected chi connectivity index (χ4v) is 10.4. The number of hydrogen-bond acceptors (Lipinski definition) is 6. The molecule has 0 N–H and O–H groups in total. The summed E-state index contributed by atoms with van der Waals surface area (Å²) in [6.07, 6.45) is 0. The standard InChI is InChI=1S/C57H33N3O2S/c1-3-13-34(14-4-1)39-30-32-50-53(43-18-8-10-24-49(43)63-50)51(39)38-29-31-47-45(33-38)52-44(21-12-23-48(52)61-47)57-59-55(36-15-5-2-6-16-36)58-56(60-57)37-27-25-35(26-28-37)40-19-11-20-42-41-17-7-9-22-46(41)62-54(40)42/h1-33H. The van der Waals surface area contributed by atoms with Gasteiger partial charge in [0, 0.05) is 64.0 Å². The molecule has 294 valence electrons. The molecule has 0 amide bonds. The van der Waals surface area contributed by atoms with Gasteiger partial charge in [0.2, 0.25) is 0 Å². The minimum absolute atomic E-state index is 0.574. The highest BCUT2D eigenvalue weighted by molar-refractivity contribution is 7.26. The van der Waals surface area contributed by atoms with Crippen LogP contribution in [0.4, 0.5) is 0 Å². The van der Waals surface area contributed by atoms with Crippen LogP contribution in [0.3, 0.4) is 0 Å². The molecule has 4 aromatic heterocycles. The smallest absolute Gasteiger partial charge is 0.164 e. The van der Waals surface area contributed by atoms with Crippen LogP contribution < -0.4 is 0 Å². The maximum absolute atomic E-state index is 6.62. The molecule has 0 bridgehead atoms. The maximum Gasteiger partial charge on any atom is 0.164 e. The Balaban J connectivity index is 0.989. The zero-order chi connectivity index (χ0) is 41.4. The second-order valence-electron chi connectivity index (χ2n) is 15.8. The third-order valence-corrected chi connectivity index (χ3v) is 13.3. The number of nitrogens with zero attached hydrogens (tertiary/aromatic N) is 3. The van der Waals surface area contributed by atoms with Crippen molar-refractivity contribution in [2.75, 3.05) is 0 Å². The molecule has 0 fully saturated rings. The van der Waals surface area contributed by atoms with Gasteiger partial charge in [0.05, 0.1) is 0 Å². The van der Waals surface area contributed by atoms with Gasteiger partial charge in [-0.1, -0.05) is 164 Å². The summed E-state index contributed by atoms with van der Waals surface area (Å²) in [5, 5.41) is 6.69. The second-order valence-corrected chi connectivity index (χ2v) is 16.9. The van der Waals surface area contributed by atoms with E-state index in [0.29, 0.717) is 17.5 Å². The van der Waals surface area contributed by atoms with Crippen LogP contribution in [-0.2, 0) is 0 Å². The zero-order valence-corrected chi connectivity index (χ0v) is 34.4. The van der Waals surface area contributed by atoms with Crippen LogP contribution in [0.25, 0.3) is 132 Å². The van der Waals surface area contributed by atoms with Gasteiger partial charge in [0.25, 0.3) is 0 Å². The van der Waals surface area contributed by atoms with E-state index in [1.165, 1.54) is 36.9 Å². The predicted octanol–water partition coefficient (Wildman–Crippen LogP) is 16.0. The Bertz CT molecular complexity index is 3900. The van der Waals surface area contributed by atoms with Crippen molar-refractivity contribution in [3.63, 3.8) is 0 Å². The first-order valence-corrected chi connectivity index (χ1v) is 21.8. The molecule has 0 saturated heterocycles. The highest BCUT2D eigenvalue weighted by atomic mass is 32.1. The van der Waals surface area contributed by atoms with Crippen molar-refractivity contribution in [2.45, 2.75) is 0 Å². The van der Waals surface area contributed by atoms with E-state index in [1.807, 2.05) is 72.0 Å². The highest BCUT2D eigenvalue weighted by Gasteiger charge is 2.21. The van der Waals surface area contributed by atoms with E-state index in [2.05, 4.69) is 140 Å². The van der Waals surface area contributed by atoms with Gasteiger partial charge >= 0.3 is 0 Å². The van der Waals surface area contributed by atoms with E-state index in [4.69, 9.17) is 23.8 Å². The second kappa shape index (κ2) is 14.2. The fourth-order valence-electron chi connectivity index (χ4n) is 9.26. The molecule has 0 spiro atoms. The van der Waals surface area contributed by atoms with E-state index in [9.17, 15) is 0 Å². The number of rotatable bonds is 6. The lowest BCUT2D eigenvalue weighted by Gasteiger charge is -2.13. The monoisotopic (exact) mass is 823 g/mol. The average molecular weight is 824 g/mol. The first-order valence-electron chi connectivity index (χ1n) is 21.0. The third kappa shape index (κ3) is 5.80. The van der Waals surface area contributed by atoms with Crippen LogP contribution in [0.5, 0.6) is 0 Å². The number of fused-ring (bicyclic) bond motifs is 9. The Labute approximate surface area is 365 Å². The Morgan fingerprint density at radius 3 is 1.73 bits per heavy atom. The summed E-state index contributed by atoms with van der Waals surface area (Å²) in [6.45, 7) is 0. The topological polar surface area (TPSA) is 65.0 Å². The zero-order valence-electron chi connectivity index (χ0n) is 33.6. The summed E-state index contributed by atoms with van der Waals surface area (Å²) in [5.41, 5.74) is 12.8. The minimum atomic E-state index is 0.574. The molecule has 0 aliphatic rings. The lowest BCUT2D eigenvalue weighted by atomic mass is 9.90. The van der Waals surface area contributed by atoms with Crippen LogP contribution in [-0.4, -0.2) is 15.0 Å². The van der Waals surface area contributed by atoms with E-state index in [0.717, 1.165) is 77.3 Å². The molecule has 9 aromatic carbocycles. The van der Waals surface area contributed by atoms with Crippen molar-refractivity contribution >= 4 is 75.4 Å². The van der Waals surface area contributed by atoms with Gasteiger partial charge < -0.3 is 8.83 Å². The molecule has 5 nitrogen and oxygen atoms in total. The van der Waals surface area contributed by atoms with E-state index < -0.39 is 0 Å². The van der Waals surface area contributed by atoms with Gasteiger partial charge in [-0.15, -0.1) is 11.3 Å². The van der Waals surface area contributed by atoms with Crippen LogP contribution in [0.2, 0.25) is 0 Å². The van der Waals surface area contributed by atoms with Crippen molar-refractivity contribution in [1.29, 1.82) is 0 Å². The SMILES string of the molecule is c1ccc(-c2nc(-c3ccc(-c4cccc5c4oc4ccccc45)cc3)nc(-c3cccc4oc5ccc(-c6c(-c7ccccc7)ccc7sc8ccccc8c67)cc5c34)n2)cc1. The number of para-hydroxylation sites is 2. The Hall–Kier alpha value is -8.19. The van der Waals surface area contributed by atoms with Crippen LogP contribution in [0.1, 0.15) is 0 Å². The number of hydrogen-bond donors (Lipinski definition) is 0. The predicted molar refractivity (Wildman–Crippen MR) is 260 cm³/mol. The van der Waals surface area contributed by atoms with Crippen LogP contribution >= 0.6 is 11.3 Å². The molecular formula is C57H33N3O2S. The van der Waals surface area contributed by atoms with Gasteiger partial charge in [-0.2, -0.15) is 0 Å². The Morgan fingerprint density at radius 1 is 0.317 bits per heavy atom. The normalized spacial score (nSPS) is 11.8. The van der Waals surface area contributed by atoms with Crippen LogP contribution in [0, 0.1) is 0 Å². The average Bonchev–Trinajstić information content (AvgIpc) is 4.05. The van der Waals surface area contributed by atoms with Crippen molar-refractivity contribution in [1.82, 2.24) is 15.0 Å². The van der Waals surface area contributed by atoms with Gasteiger partial charge in [0.15, 0.2) is 17.5 Å². The van der Waals surface area contributed by atoms with E-state index >= 15 is 0 Å². The number of aromatic nitrogens is 3. The number of benzene rings is 9. The maximum atomic E-state index is 6.62. The summed E-state index contributed by atoms with van der Waals surface area (Å²) >= 11 is 1.84. The molecule has 63 heavy (non-hydrogen) atoms. The largest absolute Gasteiger partial charge is 0.456 e. The molecule has 6 heteroatoms. The van der Waals surface area contributed by atoms with Gasteiger partial charge in [-0.3, -0.25) is 0 Å². The summed E-state index contributed by atoms with van der Waals surface area (Å²) in [4.78, 5) is 15.5. The van der Waals surface area contributed by atoms with Crippen molar-refractivity contribution < 1.29 is 8.83 Å². The molecular weight excluding hydrogens is 791 g/mol. The third-order valence-electron chi connectivity index (χ3n) is 12.2. The molecule has 0 atom stereocenters. The van der Waals surface area contributed by atoms with E-state index in [1.54, 1.807) is 0 Å². The van der Waals surface area contributed by atoms with Gasteiger partial charge in [-0.05, 0) is 64.2 Å². The lowest BCUT2D eigenvalue weighted by Crippen LogP contribution is -2.00. The molecule has 4 heterocycles. The molecule has 0 unspecified atom stereocenters. The Kier molecular flexibility index (Phi) is 8.01. The first-order chi connectivity index (χ1) is 31.2. The first kappa shape index (κ1) is 35.6. The number of furan rings is 2. The highest BCUT2D eigenvalue weighted by Crippen LogP contribution is 2.47. The molecule has 0 aliphatic heterocycles. The minimum Gasteiger partial charge on any atom is -0.456 e. The number of thiophene rings is 1. The lowest BCUT2D eigenvalue weighted by molar-refractivity contribution is 0.669. The van der Waals surface area contributed by atoms with Crippen LogP contribution in [0.15, 0.2) is 209 Å². The molecule has 0 aliphatic carbocycles. The van der Waals surface area contributed by atoms with Crippen molar-refractivity contribution in [2.24, 2.45) is 0 Å². The van der Waals surface area contributed by atoms with Gasteiger partial charge in [0.1, 0.15) is 22.3 Å². The van der Waals surface area contributed by atoms with Crippen molar-refractivity contribution in [3.8, 4) is 67.5 Å². The fraction of sp³-hybridized carbons (Fsp3) is 0. The summed E-state index contributed by atoms with van der Waals surface area (Å²) in [7, 11) is 0. The molecule has 0 radical (unpaired) electrons. The Morgan fingerprint density at radius 2 is 0.905 bits per heavy atom. The molecule has 13 aromatic rings.